The number of benzene rings is 1. The van der Waals surface area contributed by atoms with Gasteiger partial charge < -0.3 is 10.2 Å². The van der Waals surface area contributed by atoms with Gasteiger partial charge in [0.05, 0.1) is 4.92 Å². The maximum atomic E-state index is 11.9. The van der Waals surface area contributed by atoms with E-state index < -0.39 is 4.92 Å². The summed E-state index contributed by atoms with van der Waals surface area (Å²) in [6.45, 7) is 2.70. The zero-order valence-electron chi connectivity index (χ0n) is 12.8. The van der Waals surface area contributed by atoms with E-state index in [0.717, 1.165) is 5.75 Å². The van der Waals surface area contributed by atoms with Crippen LogP contribution in [0.2, 0.25) is 0 Å². The van der Waals surface area contributed by atoms with Gasteiger partial charge in [-0.3, -0.25) is 14.9 Å². The van der Waals surface area contributed by atoms with Gasteiger partial charge in [0, 0.05) is 32.3 Å². The third-order valence-electron chi connectivity index (χ3n) is 2.94. The van der Waals surface area contributed by atoms with Crippen molar-refractivity contribution in [1.29, 1.82) is 0 Å². The lowest BCUT2D eigenvalue weighted by molar-refractivity contribution is -0.384. The van der Waals surface area contributed by atoms with Crippen molar-refractivity contribution >= 4 is 29.0 Å². The van der Waals surface area contributed by atoms with Crippen LogP contribution in [0.1, 0.15) is 17.3 Å². The van der Waals surface area contributed by atoms with E-state index in [2.05, 4.69) is 12.2 Å². The number of hydrogen-bond acceptors (Lipinski definition) is 5. The van der Waals surface area contributed by atoms with Crippen molar-refractivity contribution in [3.63, 3.8) is 0 Å². The van der Waals surface area contributed by atoms with Gasteiger partial charge in [0.2, 0.25) is 0 Å². The molecule has 0 aliphatic rings. The summed E-state index contributed by atoms with van der Waals surface area (Å²) in [5.74, 6) is 1.18. The van der Waals surface area contributed by atoms with Crippen LogP contribution in [0, 0.1) is 16.0 Å². The van der Waals surface area contributed by atoms with Crippen LogP contribution in [-0.4, -0.2) is 48.4 Å². The first-order valence-electron chi connectivity index (χ1n) is 6.59. The lowest BCUT2D eigenvalue weighted by Gasteiger charge is -2.14. The van der Waals surface area contributed by atoms with Gasteiger partial charge in [-0.05, 0) is 30.1 Å². The summed E-state index contributed by atoms with van der Waals surface area (Å²) in [6, 6.07) is 4.40. The minimum Gasteiger partial charge on any atom is -0.379 e. The molecule has 0 bridgehead atoms. The third kappa shape index (κ3) is 4.93. The van der Waals surface area contributed by atoms with Crippen LogP contribution >= 0.6 is 11.8 Å². The molecule has 1 unspecified atom stereocenters. The first-order valence-corrected chi connectivity index (χ1v) is 7.99. The van der Waals surface area contributed by atoms with Gasteiger partial charge in [-0.2, -0.15) is 11.8 Å². The van der Waals surface area contributed by atoms with Crippen LogP contribution in [0.5, 0.6) is 0 Å². The molecule has 21 heavy (non-hydrogen) atoms. The Morgan fingerprint density at radius 3 is 2.67 bits per heavy atom. The topological polar surface area (TPSA) is 75.5 Å². The normalized spacial score (nSPS) is 11.8. The summed E-state index contributed by atoms with van der Waals surface area (Å²) in [5.41, 5.74) is 0.813. The number of carbonyl (C=O) groups excluding carboxylic acids is 1. The number of carbonyl (C=O) groups is 1. The van der Waals surface area contributed by atoms with Gasteiger partial charge in [0.15, 0.2) is 0 Å². The average Bonchev–Trinajstić information content (AvgIpc) is 2.44. The van der Waals surface area contributed by atoms with Crippen LogP contribution in [-0.2, 0) is 0 Å². The highest BCUT2D eigenvalue weighted by Crippen LogP contribution is 2.26. The van der Waals surface area contributed by atoms with Crippen LogP contribution in [0.25, 0.3) is 0 Å². The van der Waals surface area contributed by atoms with Crippen molar-refractivity contribution in [2.45, 2.75) is 6.92 Å². The predicted molar refractivity (Wildman–Crippen MR) is 87.1 cm³/mol. The number of nitrogens with one attached hydrogen (secondary N) is 1. The Labute approximate surface area is 129 Å². The molecule has 0 aromatic heterocycles. The fraction of sp³-hybridized carbons (Fsp3) is 0.500. The molecule has 1 amide bonds. The van der Waals surface area contributed by atoms with Crippen molar-refractivity contribution in [3.05, 3.63) is 33.9 Å². The molecule has 1 aromatic carbocycles. The average molecular weight is 311 g/mol. The Kier molecular flexibility index (Phi) is 6.48. The Morgan fingerprint density at radius 2 is 2.14 bits per heavy atom. The highest BCUT2D eigenvalue weighted by Gasteiger charge is 2.18. The highest BCUT2D eigenvalue weighted by atomic mass is 32.2. The zero-order chi connectivity index (χ0) is 16.0. The second kappa shape index (κ2) is 7.87. The number of rotatable bonds is 7. The van der Waals surface area contributed by atoms with E-state index >= 15 is 0 Å². The molecular formula is C14H21N3O3S. The highest BCUT2D eigenvalue weighted by molar-refractivity contribution is 7.98. The molecule has 0 saturated heterocycles. The molecule has 116 valence electrons. The molecule has 0 spiro atoms. The molecule has 0 heterocycles. The Hall–Kier alpha value is -1.76. The minimum absolute atomic E-state index is 0.0124. The molecule has 1 atom stereocenters. The monoisotopic (exact) mass is 311 g/mol. The van der Waals surface area contributed by atoms with Gasteiger partial charge in [0.1, 0.15) is 5.69 Å². The Morgan fingerprint density at radius 1 is 1.48 bits per heavy atom. The van der Waals surface area contributed by atoms with Crippen LogP contribution in [0.4, 0.5) is 11.4 Å². The summed E-state index contributed by atoms with van der Waals surface area (Å²) < 4.78 is 0. The fourth-order valence-corrected chi connectivity index (χ4v) is 2.54. The first-order chi connectivity index (χ1) is 9.86. The van der Waals surface area contributed by atoms with E-state index in [1.54, 1.807) is 31.9 Å². The number of nitro benzene ring substituents is 1. The van der Waals surface area contributed by atoms with Crippen molar-refractivity contribution in [1.82, 2.24) is 4.90 Å². The van der Waals surface area contributed by atoms with Crippen LogP contribution < -0.4 is 5.32 Å². The molecule has 0 aliphatic carbocycles. The largest absolute Gasteiger partial charge is 0.379 e. The summed E-state index contributed by atoms with van der Waals surface area (Å²) in [6.07, 6.45) is 2.02. The molecule has 6 nitrogen and oxygen atoms in total. The second-order valence-electron chi connectivity index (χ2n) is 5.13. The minimum atomic E-state index is -0.439. The molecular weight excluding hydrogens is 290 g/mol. The molecule has 1 aromatic rings. The van der Waals surface area contributed by atoms with E-state index in [4.69, 9.17) is 0 Å². The fourth-order valence-electron chi connectivity index (χ4n) is 1.86. The lowest BCUT2D eigenvalue weighted by Crippen LogP contribution is -2.22. The summed E-state index contributed by atoms with van der Waals surface area (Å²) in [5, 5.41) is 14.2. The number of anilines is 1. The molecule has 7 heteroatoms. The van der Waals surface area contributed by atoms with Gasteiger partial charge in [-0.25, -0.2) is 0 Å². The van der Waals surface area contributed by atoms with Crippen LogP contribution in [0.15, 0.2) is 18.2 Å². The van der Waals surface area contributed by atoms with E-state index in [0.29, 0.717) is 23.7 Å². The second-order valence-corrected chi connectivity index (χ2v) is 6.04. The van der Waals surface area contributed by atoms with E-state index in [-0.39, 0.29) is 11.6 Å². The third-order valence-corrected chi connectivity index (χ3v) is 3.84. The number of nitro groups is 1. The molecule has 0 radical (unpaired) electrons. The molecule has 0 saturated carbocycles. The number of amides is 1. The molecule has 0 aliphatic heterocycles. The van der Waals surface area contributed by atoms with Crippen molar-refractivity contribution in [3.8, 4) is 0 Å². The van der Waals surface area contributed by atoms with Gasteiger partial charge >= 0.3 is 0 Å². The van der Waals surface area contributed by atoms with E-state index in [1.807, 2.05) is 6.26 Å². The number of hydrogen-bond donors (Lipinski definition) is 1. The van der Waals surface area contributed by atoms with Gasteiger partial charge in [0.25, 0.3) is 11.6 Å². The quantitative estimate of drug-likeness (QED) is 0.619. The van der Waals surface area contributed by atoms with Crippen molar-refractivity contribution in [2.75, 3.05) is 38.0 Å². The maximum Gasteiger partial charge on any atom is 0.292 e. The Bertz CT molecular complexity index is 520. The van der Waals surface area contributed by atoms with Crippen molar-refractivity contribution < 1.29 is 9.72 Å². The number of nitrogens with zero attached hydrogens (tertiary/aromatic N) is 2. The van der Waals surface area contributed by atoms with Gasteiger partial charge in [-0.15, -0.1) is 0 Å². The molecule has 1 N–H and O–H groups in total. The lowest BCUT2D eigenvalue weighted by atomic mass is 10.1. The van der Waals surface area contributed by atoms with Crippen LogP contribution in [0.3, 0.4) is 0 Å². The van der Waals surface area contributed by atoms with Crippen molar-refractivity contribution in [2.24, 2.45) is 5.92 Å². The summed E-state index contributed by atoms with van der Waals surface area (Å²) >= 11 is 1.73. The predicted octanol–water partition coefficient (Wildman–Crippen LogP) is 2.71. The van der Waals surface area contributed by atoms with E-state index in [1.165, 1.54) is 17.0 Å². The first kappa shape index (κ1) is 17.3. The zero-order valence-corrected chi connectivity index (χ0v) is 13.6. The van der Waals surface area contributed by atoms with Gasteiger partial charge in [-0.1, -0.05) is 6.92 Å². The smallest absolute Gasteiger partial charge is 0.292 e. The SMILES string of the molecule is CSCC(C)CNc1cc(C(=O)N(C)C)ccc1[N+](=O)[O-]. The molecule has 0 fully saturated rings. The Balaban J connectivity index is 2.99. The standard InChI is InChI=1S/C14H21N3O3S/c1-10(9-21-4)8-15-12-7-11(14(18)16(2)3)5-6-13(12)17(19)20/h5-7,10,15H,8-9H2,1-4H3. The van der Waals surface area contributed by atoms with E-state index in [9.17, 15) is 14.9 Å². The maximum absolute atomic E-state index is 11.9. The summed E-state index contributed by atoms with van der Waals surface area (Å²) in [4.78, 5) is 24.0. The number of thioether (sulfide) groups is 1. The summed E-state index contributed by atoms with van der Waals surface area (Å²) in [7, 11) is 3.30. The molecule has 1 rings (SSSR count).